The topological polar surface area (TPSA) is 78.1 Å². The van der Waals surface area contributed by atoms with Gasteiger partial charge in [-0.3, -0.25) is 0 Å². The Morgan fingerprint density at radius 1 is 1.00 bits per heavy atom. The van der Waals surface area contributed by atoms with E-state index < -0.39 is 10.0 Å². The van der Waals surface area contributed by atoms with Gasteiger partial charge in [0, 0.05) is 30.9 Å². The summed E-state index contributed by atoms with van der Waals surface area (Å²) in [7, 11) is -3.63. The summed E-state index contributed by atoms with van der Waals surface area (Å²) in [5.74, 6) is 0.717. The zero-order chi connectivity index (χ0) is 21.8. The molecule has 4 rings (SSSR count). The SMILES string of the molecule is CCN(CCNS(=O)(=O)c1ccc2nc(-c3ccccc3)[nH]c2c1)c1cccc(C)c1. The van der Waals surface area contributed by atoms with Crippen molar-refractivity contribution in [1.82, 2.24) is 14.7 Å². The molecule has 0 saturated carbocycles. The van der Waals surface area contributed by atoms with Gasteiger partial charge in [-0.15, -0.1) is 0 Å². The van der Waals surface area contributed by atoms with Gasteiger partial charge in [0.2, 0.25) is 10.0 Å². The van der Waals surface area contributed by atoms with E-state index in [1.807, 2.05) is 42.5 Å². The van der Waals surface area contributed by atoms with E-state index in [4.69, 9.17) is 0 Å². The summed E-state index contributed by atoms with van der Waals surface area (Å²) in [5, 5.41) is 0. The molecular weight excluding hydrogens is 408 g/mol. The smallest absolute Gasteiger partial charge is 0.240 e. The molecule has 0 atom stereocenters. The lowest BCUT2D eigenvalue weighted by atomic mass is 10.2. The molecule has 1 heterocycles. The lowest BCUT2D eigenvalue weighted by Crippen LogP contribution is -2.35. The van der Waals surface area contributed by atoms with Crippen LogP contribution in [0.5, 0.6) is 0 Å². The van der Waals surface area contributed by atoms with E-state index in [2.05, 4.69) is 45.6 Å². The van der Waals surface area contributed by atoms with E-state index in [1.54, 1.807) is 18.2 Å². The largest absolute Gasteiger partial charge is 0.370 e. The first-order valence-corrected chi connectivity index (χ1v) is 11.8. The molecule has 160 valence electrons. The first kappa shape index (κ1) is 21.1. The number of likely N-dealkylation sites (N-methyl/N-ethyl adjacent to an activating group) is 1. The maximum Gasteiger partial charge on any atom is 0.240 e. The monoisotopic (exact) mass is 434 g/mol. The third kappa shape index (κ3) is 4.78. The van der Waals surface area contributed by atoms with Gasteiger partial charge in [0.25, 0.3) is 0 Å². The molecule has 6 nitrogen and oxygen atoms in total. The Labute approximate surface area is 183 Å². The first-order chi connectivity index (χ1) is 15.0. The Kier molecular flexibility index (Phi) is 6.06. The number of H-pyrrole nitrogens is 1. The van der Waals surface area contributed by atoms with E-state index >= 15 is 0 Å². The summed E-state index contributed by atoms with van der Waals surface area (Å²) in [4.78, 5) is 10.2. The second-order valence-electron chi connectivity index (χ2n) is 7.45. The number of aromatic amines is 1. The minimum Gasteiger partial charge on any atom is -0.370 e. The lowest BCUT2D eigenvalue weighted by Gasteiger charge is -2.23. The van der Waals surface area contributed by atoms with E-state index in [0.717, 1.165) is 29.1 Å². The van der Waals surface area contributed by atoms with Crippen LogP contribution in [0.2, 0.25) is 0 Å². The van der Waals surface area contributed by atoms with Crippen molar-refractivity contribution in [2.24, 2.45) is 0 Å². The molecule has 0 radical (unpaired) electrons. The minimum absolute atomic E-state index is 0.224. The number of sulfonamides is 1. The van der Waals surface area contributed by atoms with Crippen LogP contribution in [0.3, 0.4) is 0 Å². The fourth-order valence-corrected chi connectivity index (χ4v) is 4.63. The van der Waals surface area contributed by atoms with Crippen LogP contribution in [0.1, 0.15) is 12.5 Å². The summed E-state index contributed by atoms with van der Waals surface area (Å²) in [6.45, 7) is 5.82. The van der Waals surface area contributed by atoms with E-state index in [0.29, 0.717) is 18.6 Å². The molecule has 3 aromatic carbocycles. The Bertz CT molecular complexity index is 1280. The highest BCUT2D eigenvalue weighted by molar-refractivity contribution is 7.89. The number of imidazole rings is 1. The molecule has 7 heteroatoms. The molecule has 0 amide bonds. The molecule has 2 N–H and O–H groups in total. The van der Waals surface area contributed by atoms with Crippen molar-refractivity contribution in [2.75, 3.05) is 24.5 Å². The third-order valence-corrected chi connectivity index (χ3v) is 6.69. The first-order valence-electron chi connectivity index (χ1n) is 10.3. The summed E-state index contributed by atoms with van der Waals surface area (Å²) in [6, 6.07) is 22.9. The molecule has 0 bridgehead atoms. The van der Waals surface area contributed by atoms with Crippen LogP contribution in [0, 0.1) is 6.92 Å². The average Bonchev–Trinajstić information content (AvgIpc) is 3.21. The van der Waals surface area contributed by atoms with Crippen molar-refractivity contribution in [3.8, 4) is 11.4 Å². The molecule has 0 unspecified atom stereocenters. The van der Waals surface area contributed by atoms with Crippen LogP contribution in [0.15, 0.2) is 77.7 Å². The van der Waals surface area contributed by atoms with E-state index in [9.17, 15) is 8.42 Å². The van der Waals surface area contributed by atoms with Crippen LogP contribution >= 0.6 is 0 Å². The number of hydrogen-bond donors (Lipinski definition) is 2. The van der Waals surface area contributed by atoms with Crippen molar-refractivity contribution in [2.45, 2.75) is 18.7 Å². The number of aryl methyl sites for hydroxylation is 1. The molecule has 31 heavy (non-hydrogen) atoms. The highest BCUT2D eigenvalue weighted by Gasteiger charge is 2.16. The van der Waals surface area contributed by atoms with Gasteiger partial charge in [0.1, 0.15) is 5.82 Å². The van der Waals surface area contributed by atoms with Crippen molar-refractivity contribution in [3.05, 3.63) is 78.4 Å². The summed E-state index contributed by atoms with van der Waals surface area (Å²) in [5.41, 5.74) is 4.65. The van der Waals surface area contributed by atoms with Crippen LogP contribution < -0.4 is 9.62 Å². The molecule has 0 saturated heterocycles. The molecule has 1 aromatic heterocycles. The van der Waals surface area contributed by atoms with Crippen LogP contribution in [-0.2, 0) is 10.0 Å². The number of nitrogens with zero attached hydrogens (tertiary/aromatic N) is 2. The zero-order valence-corrected chi connectivity index (χ0v) is 18.5. The quantitative estimate of drug-likeness (QED) is 0.432. The van der Waals surface area contributed by atoms with Gasteiger partial charge in [-0.1, -0.05) is 42.5 Å². The van der Waals surface area contributed by atoms with Crippen molar-refractivity contribution in [1.29, 1.82) is 0 Å². The van der Waals surface area contributed by atoms with Crippen LogP contribution in [-0.4, -0.2) is 38.0 Å². The number of anilines is 1. The van der Waals surface area contributed by atoms with Gasteiger partial charge < -0.3 is 9.88 Å². The number of hydrogen-bond acceptors (Lipinski definition) is 4. The summed E-state index contributed by atoms with van der Waals surface area (Å²) in [6.07, 6.45) is 0. The number of rotatable bonds is 8. The van der Waals surface area contributed by atoms with Gasteiger partial charge in [-0.2, -0.15) is 0 Å². The number of nitrogens with one attached hydrogen (secondary N) is 2. The Hall–Kier alpha value is -3.16. The van der Waals surface area contributed by atoms with Crippen LogP contribution in [0.25, 0.3) is 22.4 Å². The van der Waals surface area contributed by atoms with Crippen LogP contribution in [0.4, 0.5) is 5.69 Å². The standard InChI is InChI=1S/C24H26N4O2S/c1-3-28(20-11-7-8-18(2)16-20)15-14-25-31(29,30)21-12-13-22-23(17-21)27-24(26-22)19-9-5-4-6-10-19/h4-13,16-17,25H,3,14-15H2,1-2H3,(H,26,27). The third-order valence-electron chi connectivity index (χ3n) is 5.23. The predicted molar refractivity (Wildman–Crippen MR) is 126 cm³/mol. The second-order valence-corrected chi connectivity index (χ2v) is 9.21. The normalized spacial score (nSPS) is 11.7. The second kappa shape index (κ2) is 8.91. The van der Waals surface area contributed by atoms with E-state index in [-0.39, 0.29) is 4.90 Å². The van der Waals surface area contributed by atoms with Crippen molar-refractivity contribution >= 4 is 26.7 Å². The van der Waals surface area contributed by atoms with E-state index in [1.165, 1.54) is 5.56 Å². The van der Waals surface area contributed by atoms with Gasteiger partial charge in [0.15, 0.2) is 0 Å². The fraction of sp³-hybridized carbons (Fsp3) is 0.208. The molecule has 0 aliphatic heterocycles. The molecular formula is C24H26N4O2S. The number of benzene rings is 3. The van der Waals surface area contributed by atoms with Crippen molar-refractivity contribution < 1.29 is 8.42 Å². The van der Waals surface area contributed by atoms with Gasteiger partial charge in [-0.25, -0.2) is 18.1 Å². The average molecular weight is 435 g/mol. The van der Waals surface area contributed by atoms with Gasteiger partial charge in [-0.05, 0) is 49.7 Å². The molecule has 0 aliphatic carbocycles. The molecule has 0 fully saturated rings. The summed E-state index contributed by atoms with van der Waals surface area (Å²) >= 11 is 0. The van der Waals surface area contributed by atoms with Gasteiger partial charge in [0.05, 0.1) is 15.9 Å². The molecule has 0 spiro atoms. The summed E-state index contributed by atoms with van der Waals surface area (Å²) < 4.78 is 28.4. The fourth-order valence-electron chi connectivity index (χ4n) is 3.58. The lowest BCUT2D eigenvalue weighted by molar-refractivity contribution is 0.581. The minimum atomic E-state index is -3.63. The Balaban J connectivity index is 1.48. The number of aromatic nitrogens is 2. The van der Waals surface area contributed by atoms with Crippen molar-refractivity contribution in [3.63, 3.8) is 0 Å². The number of fused-ring (bicyclic) bond motifs is 1. The maximum atomic E-state index is 12.8. The highest BCUT2D eigenvalue weighted by Crippen LogP contribution is 2.22. The highest BCUT2D eigenvalue weighted by atomic mass is 32.2. The Morgan fingerprint density at radius 3 is 2.55 bits per heavy atom. The zero-order valence-electron chi connectivity index (χ0n) is 17.7. The predicted octanol–water partition coefficient (Wildman–Crippen LogP) is 4.34. The Morgan fingerprint density at radius 2 is 1.81 bits per heavy atom. The van der Waals surface area contributed by atoms with Gasteiger partial charge >= 0.3 is 0 Å². The maximum absolute atomic E-state index is 12.8. The molecule has 0 aliphatic rings. The molecule has 4 aromatic rings.